The van der Waals surface area contributed by atoms with Crippen LogP contribution < -0.4 is 4.74 Å². The molecule has 0 unspecified atom stereocenters. The van der Waals surface area contributed by atoms with Crippen molar-refractivity contribution in [3.8, 4) is 5.75 Å². The van der Waals surface area contributed by atoms with Crippen LogP contribution in [0.3, 0.4) is 0 Å². The summed E-state index contributed by atoms with van der Waals surface area (Å²) >= 11 is 0. The lowest BCUT2D eigenvalue weighted by molar-refractivity contribution is -0.890. The van der Waals surface area contributed by atoms with E-state index in [2.05, 4.69) is 9.68 Å². The molecule has 100 valence electrons. The number of para-hydroxylation sites is 1. The molecule has 0 amide bonds. The fourth-order valence-electron chi connectivity index (χ4n) is 1.63. The van der Waals surface area contributed by atoms with Crippen LogP contribution in [-0.4, -0.2) is 21.9 Å². The van der Waals surface area contributed by atoms with Crippen LogP contribution >= 0.6 is 0 Å². The Labute approximate surface area is 104 Å². The van der Waals surface area contributed by atoms with Gasteiger partial charge in [0, 0.05) is 0 Å². The average molecular weight is 270 g/mol. The predicted molar refractivity (Wildman–Crippen MR) is 54.9 cm³/mol. The fraction of sp³-hybridized carbons (Fsp3) is 0.222. The van der Waals surface area contributed by atoms with Gasteiger partial charge in [0.2, 0.25) is 0 Å². The van der Waals surface area contributed by atoms with E-state index in [1.54, 1.807) is 6.07 Å². The van der Waals surface area contributed by atoms with Gasteiger partial charge in [-0.3, -0.25) is 4.79 Å². The third-order valence-corrected chi connectivity index (χ3v) is 2.26. The lowest BCUT2D eigenvalue weighted by Gasteiger charge is -2.32. The highest BCUT2D eigenvalue weighted by atomic mass is 17.1. The molecule has 10 heteroatoms. The van der Waals surface area contributed by atoms with Gasteiger partial charge in [-0.25, -0.2) is 9.68 Å². The number of carbonyl (C=O) groups excluding carboxylic acids is 1. The molecular formula is C9H6N2O8. The van der Waals surface area contributed by atoms with Gasteiger partial charge in [-0.05, 0) is 12.1 Å². The fourth-order valence-corrected chi connectivity index (χ4v) is 1.63. The number of rotatable bonds is 4. The Morgan fingerprint density at radius 1 is 1.16 bits per heavy atom. The molecule has 0 aliphatic carbocycles. The Balaban J connectivity index is 2.39. The van der Waals surface area contributed by atoms with Gasteiger partial charge in [0.05, 0.1) is 5.56 Å². The molecule has 0 spiro atoms. The lowest BCUT2D eigenvalue weighted by Crippen LogP contribution is -2.49. The summed E-state index contributed by atoms with van der Waals surface area (Å²) in [4.78, 5) is 40.6. The van der Waals surface area contributed by atoms with E-state index in [1.807, 2.05) is 0 Å². The van der Waals surface area contributed by atoms with Crippen LogP contribution in [0, 0.1) is 20.2 Å². The van der Waals surface area contributed by atoms with Crippen LogP contribution in [0.5, 0.6) is 5.75 Å². The number of carbonyl (C=O) groups is 1. The van der Waals surface area contributed by atoms with Gasteiger partial charge >= 0.3 is 16.1 Å². The maximum Gasteiger partial charge on any atom is 0.412 e. The van der Waals surface area contributed by atoms with E-state index in [-0.39, 0.29) is 11.3 Å². The van der Waals surface area contributed by atoms with E-state index < -0.39 is 28.4 Å². The van der Waals surface area contributed by atoms with Crippen LogP contribution in [0.15, 0.2) is 24.3 Å². The molecule has 10 nitrogen and oxygen atoms in total. The molecule has 19 heavy (non-hydrogen) atoms. The van der Waals surface area contributed by atoms with Crippen molar-refractivity contribution in [1.29, 1.82) is 0 Å². The predicted octanol–water partition coefficient (Wildman–Crippen LogP) is 0.722. The molecule has 0 saturated heterocycles. The third kappa shape index (κ3) is 2.51. The number of ketones is 1. The number of benzene rings is 1. The number of fused-ring (bicyclic) bond motifs is 1. The maximum absolute atomic E-state index is 11.8. The van der Waals surface area contributed by atoms with Crippen molar-refractivity contribution >= 4 is 5.78 Å². The van der Waals surface area contributed by atoms with Gasteiger partial charge in [0.1, 0.15) is 12.2 Å². The quantitative estimate of drug-likeness (QED) is 0.444. The van der Waals surface area contributed by atoms with Crippen molar-refractivity contribution in [3.63, 3.8) is 0 Å². The Morgan fingerprint density at radius 3 is 2.32 bits per heavy atom. The first kappa shape index (κ1) is 12.5. The molecule has 0 atom stereocenters. The average Bonchev–Trinajstić information content (AvgIpc) is 2.26. The number of nitrogens with zero attached hydrogens (tertiary/aromatic N) is 2. The first-order chi connectivity index (χ1) is 8.92. The largest absolute Gasteiger partial charge is 0.441 e. The van der Waals surface area contributed by atoms with Crippen LogP contribution in [0.2, 0.25) is 0 Å². The highest BCUT2D eigenvalue weighted by Crippen LogP contribution is 2.34. The summed E-state index contributed by atoms with van der Waals surface area (Å²) in [5, 5.41) is 18.1. The van der Waals surface area contributed by atoms with Crippen LogP contribution in [0.4, 0.5) is 0 Å². The van der Waals surface area contributed by atoms with Crippen molar-refractivity contribution in [1.82, 2.24) is 0 Å². The summed E-state index contributed by atoms with van der Waals surface area (Å²) in [5.74, 6) is -3.44. The Kier molecular flexibility index (Phi) is 2.91. The van der Waals surface area contributed by atoms with E-state index in [0.717, 1.165) is 0 Å². The minimum Gasteiger partial charge on any atom is -0.441 e. The first-order valence-corrected chi connectivity index (χ1v) is 4.90. The summed E-state index contributed by atoms with van der Waals surface area (Å²) in [6.45, 7) is 0. The van der Waals surface area contributed by atoms with Crippen molar-refractivity contribution in [2.24, 2.45) is 0 Å². The zero-order valence-electron chi connectivity index (χ0n) is 9.18. The molecule has 2 rings (SSSR count). The molecule has 0 saturated carbocycles. The molecule has 1 aromatic rings. The smallest absolute Gasteiger partial charge is 0.412 e. The summed E-state index contributed by atoms with van der Waals surface area (Å²) in [7, 11) is 0. The SMILES string of the molecule is O=C1CC(O[N+](=O)[O-])(O[N+](=O)[O-])Oc2ccccc21. The van der Waals surface area contributed by atoms with E-state index >= 15 is 0 Å². The molecule has 0 N–H and O–H groups in total. The topological polar surface area (TPSA) is 131 Å². The summed E-state index contributed by atoms with van der Waals surface area (Å²) in [6.07, 6.45) is -0.814. The molecule has 0 bridgehead atoms. The molecule has 1 aliphatic heterocycles. The van der Waals surface area contributed by atoms with Gasteiger partial charge in [0.15, 0.2) is 5.78 Å². The molecule has 1 aromatic carbocycles. The molecule has 1 aliphatic rings. The number of Topliss-reactive ketones (excluding diaryl/α,β-unsaturated/α-hetero) is 1. The summed E-state index contributed by atoms with van der Waals surface area (Å²) in [5.41, 5.74) is 0.136. The maximum atomic E-state index is 11.8. The molecule has 0 radical (unpaired) electrons. The molecule has 0 fully saturated rings. The minimum absolute atomic E-state index is 0.0950. The van der Waals surface area contributed by atoms with Crippen molar-refractivity contribution < 1.29 is 29.4 Å². The monoisotopic (exact) mass is 270 g/mol. The Bertz CT molecular complexity index is 541. The summed E-state index contributed by atoms with van der Waals surface area (Å²) in [6, 6.07) is 5.77. The molecule has 0 aromatic heterocycles. The van der Waals surface area contributed by atoms with Crippen molar-refractivity contribution in [2.45, 2.75) is 12.4 Å². The van der Waals surface area contributed by atoms with E-state index in [0.29, 0.717) is 0 Å². The second-order valence-corrected chi connectivity index (χ2v) is 3.51. The van der Waals surface area contributed by atoms with Gasteiger partial charge in [0.25, 0.3) is 0 Å². The Hall–Kier alpha value is -2.91. The molecular weight excluding hydrogens is 264 g/mol. The highest BCUT2D eigenvalue weighted by molar-refractivity contribution is 5.99. The Morgan fingerprint density at radius 2 is 1.74 bits per heavy atom. The van der Waals surface area contributed by atoms with Crippen LogP contribution in [0.1, 0.15) is 16.8 Å². The molecule has 1 heterocycles. The van der Waals surface area contributed by atoms with Gasteiger partial charge in [-0.1, -0.05) is 12.1 Å². The second-order valence-electron chi connectivity index (χ2n) is 3.51. The van der Waals surface area contributed by atoms with Crippen LogP contribution in [-0.2, 0) is 9.68 Å². The van der Waals surface area contributed by atoms with Crippen molar-refractivity contribution in [2.75, 3.05) is 0 Å². The lowest BCUT2D eigenvalue weighted by atomic mass is 10.0. The second kappa shape index (κ2) is 4.40. The normalized spacial score (nSPS) is 15.9. The van der Waals surface area contributed by atoms with Gasteiger partial charge in [-0.2, -0.15) is 0 Å². The zero-order chi connectivity index (χ0) is 14.0. The van der Waals surface area contributed by atoms with E-state index in [4.69, 9.17) is 4.74 Å². The third-order valence-electron chi connectivity index (χ3n) is 2.26. The van der Waals surface area contributed by atoms with E-state index in [9.17, 15) is 25.0 Å². The number of hydrogen-bond donors (Lipinski definition) is 0. The number of hydrogen-bond acceptors (Lipinski definition) is 8. The van der Waals surface area contributed by atoms with Crippen molar-refractivity contribution in [3.05, 3.63) is 50.1 Å². The summed E-state index contributed by atoms with van der Waals surface area (Å²) < 4.78 is 4.96. The van der Waals surface area contributed by atoms with E-state index in [1.165, 1.54) is 18.2 Å². The van der Waals surface area contributed by atoms with Gasteiger partial charge in [-0.15, -0.1) is 20.2 Å². The highest BCUT2D eigenvalue weighted by Gasteiger charge is 2.48. The first-order valence-electron chi connectivity index (χ1n) is 4.90. The number of ether oxygens (including phenoxy) is 1. The van der Waals surface area contributed by atoms with Gasteiger partial charge < -0.3 is 4.74 Å². The van der Waals surface area contributed by atoms with Crippen LogP contribution in [0.25, 0.3) is 0 Å². The zero-order valence-corrected chi connectivity index (χ0v) is 9.18. The minimum atomic E-state index is -2.71. The standard InChI is InChI=1S/C9H6N2O8/c12-7-5-9(18-10(13)14,19-11(15)16)17-8-4-2-1-3-6(7)8/h1-4H,5H2.